The van der Waals surface area contributed by atoms with Crippen LogP contribution >= 0.6 is 0 Å². The fraction of sp³-hybridized carbons (Fsp3) is 0.0833. The molecule has 0 spiro atoms. The number of carbonyl (C=O) groups excluding carboxylic acids is 1. The molecule has 0 saturated carbocycles. The van der Waals surface area contributed by atoms with Crippen molar-refractivity contribution in [3.05, 3.63) is 95.9 Å². The summed E-state index contributed by atoms with van der Waals surface area (Å²) in [5, 5.41) is 3.58. The first-order chi connectivity index (χ1) is 14.7. The second-order valence-corrected chi connectivity index (χ2v) is 6.57. The molecule has 1 aromatic heterocycles. The molecule has 6 heteroatoms. The molecule has 0 aliphatic heterocycles. The Hall–Kier alpha value is -3.93. The normalized spacial score (nSPS) is 10.6. The van der Waals surface area contributed by atoms with Gasteiger partial charge in [0.05, 0.1) is 12.6 Å². The van der Waals surface area contributed by atoms with Crippen molar-refractivity contribution in [1.82, 2.24) is 10.3 Å². The lowest BCUT2D eigenvalue weighted by Gasteiger charge is -2.12. The highest BCUT2D eigenvalue weighted by Gasteiger charge is 2.13. The lowest BCUT2D eigenvalue weighted by atomic mass is 10.1. The van der Waals surface area contributed by atoms with Crippen LogP contribution in [0.5, 0.6) is 17.2 Å². The summed E-state index contributed by atoms with van der Waals surface area (Å²) in [6.07, 6.45) is 1.60. The maximum absolute atomic E-state index is 14.4. The molecule has 1 heterocycles. The van der Waals surface area contributed by atoms with Crippen LogP contribution in [-0.2, 0) is 6.54 Å². The number of nitrogens with zero attached hydrogens (tertiary/aromatic N) is 1. The number of hydrogen-bond donors (Lipinski definition) is 1. The van der Waals surface area contributed by atoms with E-state index in [0.29, 0.717) is 17.1 Å². The minimum absolute atomic E-state index is 0.0312. The van der Waals surface area contributed by atoms with Gasteiger partial charge in [0.25, 0.3) is 5.91 Å². The van der Waals surface area contributed by atoms with Gasteiger partial charge >= 0.3 is 0 Å². The van der Waals surface area contributed by atoms with Gasteiger partial charge in [-0.25, -0.2) is 4.39 Å². The summed E-state index contributed by atoms with van der Waals surface area (Å²) in [5.74, 6) is 0.218. The summed E-state index contributed by atoms with van der Waals surface area (Å²) < 4.78 is 25.5. The quantitative estimate of drug-likeness (QED) is 0.487. The van der Waals surface area contributed by atoms with Gasteiger partial charge in [0.1, 0.15) is 11.5 Å². The van der Waals surface area contributed by atoms with Crippen molar-refractivity contribution in [2.75, 3.05) is 7.11 Å². The predicted octanol–water partition coefficient (Wildman–Crippen LogP) is 5.10. The summed E-state index contributed by atoms with van der Waals surface area (Å²) in [7, 11) is 1.58. The van der Waals surface area contributed by atoms with E-state index < -0.39 is 5.82 Å². The molecule has 1 amide bonds. The number of fused-ring (bicyclic) bond motifs is 1. The SMILES string of the molecule is COc1ccccc1CNC(=O)c1ccc(F)c(Oc2ccnc3ccccc23)c1. The summed E-state index contributed by atoms with van der Waals surface area (Å²) >= 11 is 0. The highest BCUT2D eigenvalue weighted by molar-refractivity contribution is 5.94. The molecule has 4 rings (SSSR count). The molecule has 0 saturated heterocycles. The minimum atomic E-state index is -0.558. The van der Waals surface area contributed by atoms with Gasteiger partial charge in [0.2, 0.25) is 0 Å². The van der Waals surface area contributed by atoms with Gasteiger partial charge in [0.15, 0.2) is 11.6 Å². The van der Waals surface area contributed by atoms with Crippen LogP contribution in [0.15, 0.2) is 79.0 Å². The maximum Gasteiger partial charge on any atom is 0.251 e. The van der Waals surface area contributed by atoms with Crippen LogP contribution in [0.1, 0.15) is 15.9 Å². The number of ether oxygens (including phenoxy) is 2. The number of aromatic nitrogens is 1. The van der Waals surface area contributed by atoms with E-state index in [-0.39, 0.29) is 18.2 Å². The number of carbonyl (C=O) groups is 1. The van der Waals surface area contributed by atoms with E-state index >= 15 is 0 Å². The van der Waals surface area contributed by atoms with Gasteiger partial charge in [-0.15, -0.1) is 0 Å². The molecule has 5 nitrogen and oxygen atoms in total. The zero-order chi connectivity index (χ0) is 20.9. The standard InChI is InChI=1S/C24H19FN2O3/c1-29-21-9-5-2-6-17(21)15-27-24(28)16-10-11-19(25)23(14-16)30-22-12-13-26-20-8-4-3-7-18(20)22/h2-14H,15H2,1H3,(H,27,28). The molecule has 0 atom stereocenters. The lowest BCUT2D eigenvalue weighted by Crippen LogP contribution is -2.23. The average Bonchev–Trinajstić information content (AvgIpc) is 2.79. The van der Waals surface area contributed by atoms with Gasteiger partial charge < -0.3 is 14.8 Å². The molecular weight excluding hydrogens is 383 g/mol. The van der Waals surface area contributed by atoms with Gasteiger partial charge in [-0.2, -0.15) is 0 Å². The Bertz CT molecular complexity index is 1200. The van der Waals surface area contributed by atoms with Crippen molar-refractivity contribution in [2.45, 2.75) is 6.54 Å². The van der Waals surface area contributed by atoms with E-state index in [1.54, 1.807) is 19.4 Å². The van der Waals surface area contributed by atoms with E-state index in [9.17, 15) is 9.18 Å². The van der Waals surface area contributed by atoms with Crippen LogP contribution in [0.4, 0.5) is 4.39 Å². The zero-order valence-corrected chi connectivity index (χ0v) is 16.3. The number of para-hydroxylation sites is 2. The number of pyridine rings is 1. The zero-order valence-electron chi connectivity index (χ0n) is 16.3. The number of methoxy groups -OCH3 is 1. The second-order valence-electron chi connectivity index (χ2n) is 6.57. The van der Waals surface area contributed by atoms with E-state index in [0.717, 1.165) is 16.5 Å². The van der Waals surface area contributed by atoms with Crippen LogP contribution in [0.25, 0.3) is 10.9 Å². The first-order valence-corrected chi connectivity index (χ1v) is 9.37. The summed E-state index contributed by atoms with van der Waals surface area (Å²) in [6, 6.07) is 20.5. The van der Waals surface area contributed by atoms with Crippen molar-refractivity contribution in [3.8, 4) is 17.2 Å². The Labute approximate surface area is 173 Å². The summed E-state index contributed by atoms with van der Waals surface area (Å²) in [6.45, 7) is 0.283. The van der Waals surface area contributed by atoms with Crippen molar-refractivity contribution in [2.24, 2.45) is 0 Å². The largest absolute Gasteiger partial charge is 0.496 e. The first-order valence-electron chi connectivity index (χ1n) is 9.37. The van der Waals surface area contributed by atoms with Crippen molar-refractivity contribution >= 4 is 16.8 Å². The third-order valence-electron chi connectivity index (χ3n) is 4.65. The minimum Gasteiger partial charge on any atom is -0.496 e. The van der Waals surface area contributed by atoms with Crippen LogP contribution in [-0.4, -0.2) is 18.0 Å². The molecule has 4 aromatic rings. The van der Waals surface area contributed by atoms with Crippen molar-refractivity contribution < 1.29 is 18.7 Å². The molecule has 0 unspecified atom stereocenters. The van der Waals surface area contributed by atoms with Gasteiger partial charge in [-0.3, -0.25) is 9.78 Å². The number of nitrogens with one attached hydrogen (secondary N) is 1. The van der Waals surface area contributed by atoms with Crippen molar-refractivity contribution in [1.29, 1.82) is 0 Å². The number of amides is 1. The maximum atomic E-state index is 14.4. The molecule has 0 fully saturated rings. The summed E-state index contributed by atoms with van der Waals surface area (Å²) in [4.78, 5) is 16.9. The molecule has 0 radical (unpaired) electrons. The predicted molar refractivity (Wildman–Crippen MR) is 112 cm³/mol. The fourth-order valence-corrected chi connectivity index (χ4v) is 3.13. The van der Waals surface area contributed by atoms with E-state index in [1.807, 2.05) is 48.5 Å². The molecule has 0 bridgehead atoms. The highest BCUT2D eigenvalue weighted by Crippen LogP contribution is 2.30. The number of rotatable bonds is 6. The fourth-order valence-electron chi connectivity index (χ4n) is 3.13. The Morgan fingerprint density at radius 1 is 0.967 bits per heavy atom. The van der Waals surface area contributed by atoms with E-state index in [2.05, 4.69) is 10.3 Å². The number of halogens is 1. The highest BCUT2D eigenvalue weighted by atomic mass is 19.1. The Kier molecular flexibility index (Phi) is 5.57. The smallest absolute Gasteiger partial charge is 0.251 e. The molecule has 0 aliphatic carbocycles. The third kappa shape index (κ3) is 4.07. The van der Waals surface area contributed by atoms with E-state index in [1.165, 1.54) is 18.2 Å². The number of benzene rings is 3. The Balaban J connectivity index is 1.55. The molecule has 1 N–H and O–H groups in total. The van der Waals surface area contributed by atoms with Crippen molar-refractivity contribution in [3.63, 3.8) is 0 Å². The molecule has 3 aromatic carbocycles. The van der Waals surface area contributed by atoms with Gasteiger partial charge in [-0.1, -0.05) is 30.3 Å². The van der Waals surface area contributed by atoms with Gasteiger partial charge in [-0.05, 0) is 42.5 Å². The Morgan fingerprint density at radius 3 is 2.63 bits per heavy atom. The third-order valence-corrected chi connectivity index (χ3v) is 4.65. The van der Waals surface area contributed by atoms with Crippen LogP contribution in [0, 0.1) is 5.82 Å². The number of hydrogen-bond acceptors (Lipinski definition) is 4. The molecule has 150 valence electrons. The van der Waals surface area contributed by atoms with E-state index in [4.69, 9.17) is 9.47 Å². The van der Waals surface area contributed by atoms with Crippen LogP contribution < -0.4 is 14.8 Å². The molecular formula is C24H19FN2O3. The van der Waals surface area contributed by atoms with Gasteiger partial charge in [0, 0.05) is 29.3 Å². The van der Waals surface area contributed by atoms with Crippen LogP contribution in [0.3, 0.4) is 0 Å². The van der Waals surface area contributed by atoms with Crippen LogP contribution in [0.2, 0.25) is 0 Å². The topological polar surface area (TPSA) is 60.5 Å². The summed E-state index contributed by atoms with van der Waals surface area (Å²) in [5.41, 5.74) is 1.87. The second kappa shape index (κ2) is 8.61. The average molecular weight is 402 g/mol. The Morgan fingerprint density at radius 2 is 1.77 bits per heavy atom. The lowest BCUT2D eigenvalue weighted by molar-refractivity contribution is 0.0950. The molecule has 30 heavy (non-hydrogen) atoms. The molecule has 0 aliphatic rings. The first kappa shape index (κ1) is 19.4. The monoisotopic (exact) mass is 402 g/mol.